The number of nitriles is 1. The van der Waals surface area contributed by atoms with E-state index < -0.39 is 34.3 Å². The second-order valence-electron chi connectivity index (χ2n) is 5.69. The van der Waals surface area contributed by atoms with Crippen molar-refractivity contribution in [1.82, 2.24) is 9.78 Å². The maximum Gasteiger partial charge on any atom is 0.436 e. The van der Waals surface area contributed by atoms with Gasteiger partial charge in [0.25, 0.3) is 0 Å². The first-order chi connectivity index (χ1) is 13.7. The Morgan fingerprint density at radius 3 is 2.34 bits per heavy atom. The lowest BCUT2D eigenvalue weighted by molar-refractivity contribution is -0.141. The average molecular weight is 425 g/mol. The molecular formula is C18H11F4N3O3S. The van der Waals surface area contributed by atoms with Crippen molar-refractivity contribution in [2.45, 2.75) is 11.1 Å². The molecule has 0 spiro atoms. The van der Waals surface area contributed by atoms with Crippen molar-refractivity contribution in [3.8, 4) is 28.8 Å². The zero-order chi connectivity index (χ0) is 21.3. The second kappa shape index (κ2) is 7.65. The molecule has 0 aliphatic rings. The largest absolute Gasteiger partial charge is 0.494 e. The third-order valence-corrected chi connectivity index (χ3v) is 4.65. The molecule has 0 saturated carbocycles. The highest BCUT2D eigenvalue weighted by atomic mass is 32.2. The Bertz CT molecular complexity index is 1130. The summed E-state index contributed by atoms with van der Waals surface area (Å²) in [5.74, 6) is -0.953. The van der Waals surface area contributed by atoms with Crippen LogP contribution in [0.25, 0.3) is 16.9 Å². The first-order valence-corrected chi connectivity index (χ1v) is 8.93. The monoisotopic (exact) mass is 425 g/mol. The molecule has 3 aromatic rings. The number of alkyl halides is 3. The fourth-order valence-corrected chi connectivity index (χ4v) is 3.06. The van der Waals surface area contributed by atoms with Gasteiger partial charge in [-0.2, -0.15) is 23.5 Å². The minimum Gasteiger partial charge on any atom is -0.494 e. The second-order valence-corrected chi connectivity index (χ2v) is 6.66. The molecule has 3 rings (SSSR count). The lowest BCUT2D eigenvalue weighted by Crippen LogP contribution is -2.08. The highest BCUT2D eigenvalue weighted by Crippen LogP contribution is 2.38. The summed E-state index contributed by atoms with van der Waals surface area (Å²) in [6.07, 6.45) is -4.93. The van der Waals surface area contributed by atoms with E-state index in [1.165, 1.54) is 49.6 Å². The maximum absolute atomic E-state index is 14.2. The van der Waals surface area contributed by atoms with Crippen LogP contribution in [0.2, 0.25) is 0 Å². The van der Waals surface area contributed by atoms with Crippen molar-refractivity contribution in [1.29, 1.82) is 5.26 Å². The van der Waals surface area contributed by atoms with Crippen LogP contribution < -0.4 is 4.74 Å². The molecule has 0 aliphatic heterocycles. The molecule has 1 unspecified atom stereocenters. The molecule has 1 atom stereocenters. The van der Waals surface area contributed by atoms with E-state index in [0.717, 1.165) is 10.7 Å². The number of halogens is 4. The minimum atomic E-state index is -4.93. The van der Waals surface area contributed by atoms with Crippen molar-refractivity contribution in [3.05, 3.63) is 59.5 Å². The normalized spacial score (nSPS) is 12.4. The minimum absolute atomic E-state index is 0.0227. The van der Waals surface area contributed by atoms with E-state index >= 15 is 0 Å². The molecular weight excluding hydrogens is 414 g/mol. The fourth-order valence-electron chi connectivity index (χ4n) is 2.69. The van der Waals surface area contributed by atoms with Crippen LogP contribution in [-0.2, 0) is 17.3 Å². The molecule has 0 bridgehead atoms. The summed E-state index contributed by atoms with van der Waals surface area (Å²) < 4.78 is 80.3. The summed E-state index contributed by atoms with van der Waals surface area (Å²) in [4.78, 5) is 0.0227. The molecule has 0 saturated heterocycles. The molecule has 11 heteroatoms. The van der Waals surface area contributed by atoms with Crippen LogP contribution in [0.3, 0.4) is 0 Å². The Hall–Kier alpha value is -3.23. The van der Waals surface area contributed by atoms with Crippen LogP contribution >= 0.6 is 0 Å². The zero-order valence-electron chi connectivity index (χ0n) is 14.6. The Morgan fingerprint density at radius 2 is 1.86 bits per heavy atom. The molecule has 0 aliphatic carbocycles. The van der Waals surface area contributed by atoms with Gasteiger partial charge < -0.3 is 9.29 Å². The van der Waals surface area contributed by atoms with Crippen LogP contribution in [0.4, 0.5) is 17.6 Å². The summed E-state index contributed by atoms with van der Waals surface area (Å²) in [7, 11) is 1.23. The van der Waals surface area contributed by atoms with Crippen molar-refractivity contribution in [3.63, 3.8) is 0 Å². The molecule has 150 valence electrons. The lowest BCUT2D eigenvalue weighted by Gasteiger charge is -2.10. The number of aromatic nitrogens is 2. The molecule has 1 aromatic heterocycles. The SMILES string of the molecule is COc1ccc(-c2c(C#N)c(C(F)(F)F)nn2-c2ccc(S(=O)O)cc2)cc1F. The van der Waals surface area contributed by atoms with Crippen LogP contribution in [-0.4, -0.2) is 25.7 Å². The van der Waals surface area contributed by atoms with Crippen LogP contribution in [0, 0.1) is 17.1 Å². The van der Waals surface area contributed by atoms with Gasteiger partial charge >= 0.3 is 6.18 Å². The van der Waals surface area contributed by atoms with Crippen molar-refractivity contribution in [2.24, 2.45) is 0 Å². The standard InChI is InChI=1S/C18H11F4N3O3S/c1-28-15-7-2-10(8-14(15)19)16-13(9-23)17(18(20,21)22)24-25(16)11-3-5-12(6-4-11)29(26)27/h2-8H,1H3,(H,26,27). The summed E-state index contributed by atoms with van der Waals surface area (Å²) in [6.45, 7) is 0. The molecule has 29 heavy (non-hydrogen) atoms. The number of rotatable bonds is 4. The molecule has 6 nitrogen and oxygen atoms in total. The van der Waals surface area contributed by atoms with Gasteiger partial charge in [-0.3, -0.25) is 0 Å². The van der Waals surface area contributed by atoms with Gasteiger partial charge in [0.15, 0.2) is 28.3 Å². The van der Waals surface area contributed by atoms with Gasteiger partial charge in [0, 0.05) is 5.56 Å². The zero-order valence-corrected chi connectivity index (χ0v) is 15.4. The lowest BCUT2D eigenvalue weighted by atomic mass is 10.1. The Kier molecular flexibility index (Phi) is 5.41. The predicted molar refractivity (Wildman–Crippen MR) is 94.3 cm³/mol. The first kappa shape index (κ1) is 20.5. The van der Waals surface area contributed by atoms with E-state index in [0.29, 0.717) is 0 Å². The van der Waals surface area contributed by atoms with E-state index in [1.807, 2.05) is 0 Å². The molecule has 1 heterocycles. The van der Waals surface area contributed by atoms with E-state index in [-0.39, 0.29) is 27.6 Å². The number of hydrogen-bond acceptors (Lipinski definition) is 4. The highest BCUT2D eigenvalue weighted by molar-refractivity contribution is 7.79. The Morgan fingerprint density at radius 1 is 1.21 bits per heavy atom. The van der Waals surface area contributed by atoms with E-state index in [4.69, 9.17) is 9.29 Å². The van der Waals surface area contributed by atoms with Crippen LogP contribution in [0.15, 0.2) is 47.4 Å². The highest BCUT2D eigenvalue weighted by Gasteiger charge is 2.40. The van der Waals surface area contributed by atoms with Crippen LogP contribution in [0.5, 0.6) is 5.75 Å². The van der Waals surface area contributed by atoms with Gasteiger partial charge in [0.1, 0.15) is 11.6 Å². The average Bonchev–Trinajstić information content (AvgIpc) is 3.08. The Balaban J connectivity index is 2.30. The quantitative estimate of drug-likeness (QED) is 0.501. The smallest absolute Gasteiger partial charge is 0.436 e. The van der Waals surface area contributed by atoms with E-state index in [2.05, 4.69) is 5.10 Å². The summed E-state index contributed by atoms with van der Waals surface area (Å²) in [5, 5.41) is 12.9. The molecule has 2 aromatic carbocycles. The van der Waals surface area contributed by atoms with Gasteiger partial charge in [-0.05, 0) is 42.5 Å². The van der Waals surface area contributed by atoms with E-state index in [1.54, 1.807) is 0 Å². The van der Waals surface area contributed by atoms with Crippen molar-refractivity contribution >= 4 is 11.1 Å². The topological polar surface area (TPSA) is 88.1 Å². The third-order valence-electron chi connectivity index (χ3n) is 3.97. The van der Waals surface area contributed by atoms with Gasteiger partial charge in [-0.25, -0.2) is 13.3 Å². The molecule has 0 radical (unpaired) electrons. The van der Waals surface area contributed by atoms with Gasteiger partial charge in [0.2, 0.25) is 0 Å². The maximum atomic E-state index is 14.2. The fraction of sp³-hybridized carbons (Fsp3) is 0.111. The number of methoxy groups -OCH3 is 1. The molecule has 1 N–H and O–H groups in total. The first-order valence-electron chi connectivity index (χ1n) is 7.83. The van der Waals surface area contributed by atoms with Crippen LogP contribution in [0.1, 0.15) is 11.3 Å². The number of nitrogens with zero attached hydrogens (tertiary/aromatic N) is 3. The van der Waals surface area contributed by atoms with Crippen molar-refractivity contribution in [2.75, 3.05) is 7.11 Å². The summed E-state index contributed by atoms with van der Waals surface area (Å²) in [5.41, 5.74) is -2.44. The van der Waals surface area contributed by atoms with Gasteiger partial charge in [-0.15, -0.1) is 0 Å². The van der Waals surface area contributed by atoms with Crippen molar-refractivity contribution < 1.29 is 31.1 Å². The summed E-state index contributed by atoms with van der Waals surface area (Å²) in [6, 6.07) is 9.93. The predicted octanol–water partition coefficient (Wildman–Crippen LogP) is 4.16. The number of benzene rings is 2. The van der Waals surface area contributed by atoms with E-state index in [9.17, 15) is 27.0 Å². The number of hydrogen-bond donors (Lipinski definition) is 1. The number of ether oxygens (including phenoxy) is 1. The Labute approximate surface area is 164 Å². The third kappa shape index (κ3) is 3.85. The molecule has 0 amide bonds. The van der Waals surface area contributed by atoms with Gasteiger partial charge in [0.05, 0.1) is 23.4 Å². The van der Waals surface area contributed by atoms with Gasteiger partial charge in [-0.1, -0.05) is 0 Å². The molecule has 0 fully saturated rings. The summed E-state index contributed by atoms with van der Waals surface area (Å²) >= 11 is -2.28.